The first-order chi connectivity index (χ1) is 6.73. The second-order valence-corrected chi connectivity index (χ2v) is 4.99. The molecule has 0 aromatic heterocycles. The number of rotatable bonds is 5. The molecule has 14 heavy (non-hydrogen) atoms. The molecule has 0 aromatic carbocycles. The van der Waals surface area contributed by atoms with Crippen LogP contribution in [0.3, 0.4) is 0 Å². The highest BCUT2D eigenvalue weighted by molar-refractivity contribution is 8.37. The van der Waals surface area contributed by atoms with Gasteiger partial charge in [0, 0.05) is 25.0 Å². The summed E-state index contributed by atoms with van der Waals surface area (Å²) in [7, 11) is 0. The van der Waals surface area contributed by atoms with Gasteiger partial charge in [-0.1, -0.05) is 25.6 Å². The topological polar surface area (TPSA) is 6.25 Å². The van der Waals surface area contributed by atoms with E-state index in [9.17, 15) is 0 Å². The van der Waals surface area contributed by atoms with Gasteiger partial charge in [0.05, 0.1) is 0 Å². The first-order valence-electron chi connectivity index (χ1n) is 5.32. The molecule has 0 rings (SSSR count). The number of thioether (sulfide) groups is 1. The third kappa shape index (κ3) is 4.71. The van der Waals surface area contributed by atoms with E-state index < -0.39 is 0 Å². The minimum atomic E-state index is 1.10. The van der Waals surface area contributed by atoms with Crippen LogP contribution in [0.1, 0.15) is 27.7 Å². The maximum Gasteiger partial charge on any atom is 0.285 e. The van der Waals surface area contributed by atoms with Crippen LogP contribution in [0.15, 0.2) is 0 Å². The van der Waals surface area contributed by atoms with Crippen LogP contribution in [-0.4, -0.2) is 45.7 Å². The molecule has 4 heteroatoms. The molecule has 0 saturated carbocycles. The fourth-order valence-electron chi connectivity index (χ4n) is 1.17. The quantitative estimate of drug-likeness (QED) is 0.313. The van der Waals surface area contributed by atoms with E-state index in [4.69, 9.17) is 0 Å². The lowest BCUT2D eigenvalue weighted by atomic mass is 10.6. The Bertz CT molecular complexity index is 171. The van der Waals surface area contributed by atoms with Crippen molar-refractivity contribution in [1.82, 2.24) is 4.31 Å². The van der Waals surface area contributed by atoms with Crippen LogP contribution in [0, 0.1) is 0 Å². The van der Waals surface area contributed by atoms with E-state index in [0.29, 0.717) is 0 Å². The molecule has 84 valence electrons. The molecule has 0 atom stereocenters. The molecule has 0 radical (unpaired) electrons. The Morgan fingerprint density at radius 3 is 1.86 bits per heavy atom. The monoisotopic (exact) mass is 235 g/mol. The molecule has 0 unspecified atom stereocenters. The van der Waals surface area contributed by atoms with Crippen LogP contribution in [0.2, 0.25) is 0 Å². The van der Waals surface area contributed by atoms with Gasteiger partial charge in [0.25, 0.3) is 4.38 Å². The van der Waals surface area contributed by atoms with Gasteiger partial charge in [0.1, 0.15) is 13.1 Å². The zero-order valence-electron chi connectivity index (χ0n) is 10.0. The molecule has 2 nitrogen and oxygen atoms in total. The zero-order chi connectivity index (χ0) is 11.0. The van der Waals surface area contributed by atoms with Crippen molar-refractivity contribution in [3.05, 3.63) is 0 Å². The van der Waals surface area contributed by atoms with E-state index in [2.05, 4.69) is 42.8 Å². The SMILES string of the molecule is CCN(CC)SC(SC)=[N+](CC)CC. The summed E-state index contributed by atoms with van der Waals surface area (Å²) < 4.78 is 6.20. The minimum absolute atomic E-state index is 1.10. The van der Waals surface area contributed by atoms with Crippen LogP contribution in [-0.2, 0) is 0 Å². The second kappa shape index (κ2) is 8.62. The Morgan fingerprint density at radius 1 is 1.07 bits per heavy atom. The van der Waals surface area contributed by atoms with Gasteiger partial charge in [-0.15, -0.1) is 0 Å². The Kier molecular flexibility index (Phi) is 8.83. The fraction of sp³-hybridized carbons (Fsp3) is 0.900. The summed E-state index contributed by atoms with van der Waals surface area (Å²) in [6.45, 7) is 13.2. The van der Waals surface area contributed by atoms with Crippen molar-refractivity contribution in [2.75, 3.05) is 32.4 Å². The fourth-order valence-corrected chi connectivity index (χ4v) is 3.15. The molecule has 0 bridgehead atoms. The molecule has 0 aliphatic heterocycles. The van der Waals surface area contributed by atoms with E-state index >= 15 is 0 Å². The number of nitrogens with zero attached hydrogens (tertiary/aromatic N) is 2. The zero-order valence-corrected chi connectivity index (χ0v) is 11.7. The van der Waals surface area contributed by atoms with Crippen LogP contribution in [0.4, 0.5) is 0 Å². The lowest BCUT2D eigenvalue weighted by Crippen LogP contribution is -2.22. The van der Waals surface area contributed by atoms with Crippen molar-refractivity contribution in [2.45, 2.75) is 27.7 Å². The van der Waals surface area contributed by atoms with Crippen LogP contribution < -0.4 is 0 Å². The lowest BCUT2D eigenvalue weighted by Gasteiger charge is -2.15. The van der Waals surface area contributed by atoms with Gasteiger partial charge in [-0.25, -0.2) is 8.88 Å². The highest BCUT2D eigenvalue weighted by Crippen LogP contribution is 2.18. The van der Waals surface area contributed by atoms with Gasteiger partial charge >= 0.3 is 0 Å². The predicted molar refractivity (Wildman–Crippen MR) is 70.4 cm³/mol. The van der Waals surface area contributed by atoms with Gasteiger partial charge in [-0.2, -0.15) is 0 Å². The van der Waals surface area contributed by atoms with Gasteiger partial charge < -0.3 is 0 Å². The summed E-state index contributed by atoms with van der Waals surface area (Å²) in [5.41, 5.74) is 0. The van der Waals surface area contributed by atoms with Gasteiger partial charge in [-0.05, 0) is 20.1 Å². The van der Waals surface area contributed by atoms with Crippen molar-refractivity contribution in [2.24, 2.45) is 0 Å². The van der Waals surface area contributed by atoms with Crippen molar-refractivity contribution >= 4 is 28.1 Å². The lowest BCUT2D eigenvalue weighted by molar-refractivity contribution is -0.515. The summed E-state index contributed by atoms with van der Waals surface area (Å²) in [6, 6.07) is 0. The largest absolute Gasteiger partial charge is 0.285 e. The molecule has 0 amide bonds. The van der Waals surface area contributed by atoms with E-state index in [1.165, 1.54) is 4.38 Å². The normalized spacial score (nSPS) is 10.7. The second-order valence-electron chi connectivity index (χ2n) is 2.85. The average Bonchev–Trinajstić information content (AvgIpc) is 2.24. The third-order valence-corrected chi connectivity index (χ3v) is 4.63. The summed E-state index contributed by atoms with van der Waals surface area (Å²) >= 11 is 3.74. The maximum absolute atomic E-state index is 2.41. The standard InChI is InChI=1S/C10H23N2S2/c1-6-11(7-2)10(13-5)14-12(8-3)9-4/h6-9H2,1-5H3/q+1. The van der Waals surface area contributed by atoms with Gasteiger partial charge in [-0.3, -0.25) is 0 Å². The Hall–Kier alpha value is 0.330. The number of hydrogen-bond donors (Lipinski definition) is 0. The first kappa shape index (κ1) is 14.3. The predicted octanol–water partition coefficient (Wildman–Crippen LogP) is 2.75. The molecule has 0 saturated heterocycles. The first-order valence-corrected chi connectivity index (χ1v) is 7.31. The maximum atomic E-state index is 2.41. The van der Waals surface area contributed by atoms with Crippen molar-refractivity contribution in [1.29, 1.82) is 0 Å². The Balaban J connectivity index is 4.46. The number of hydrogen-bond acceptors (Lipinski definition) is 3. The molecule has 0 fully saturated rings. The van der Waals surface area contributed by atoms with Crippen molar-refractivity contribution in [3.8, 4) is 0 Å². The molecule has 0 aliphatic carbocycles. The van der Waals surface area contributed by atoms with E-state index in [-0.39, 0.29) is 0 Å². The Labute approximate surface area is 97.3 Å². The summed E-state index contributed by atoms with van der Waals surface area (Å²) in [4.78, 5) is 0. The summed E-state index contributed by atoms with van der Waals surface area (Å²) in [5.74, 6) is 0. The van der Waals surface area contributed by atoms with E-state index in [1.807, 2.05) is 23.7 Å². The summed E-state index contributed by atoms with van der Waals surface area (Å²) in [5, 5.41) is 0. The molecular weight excluding hydrogens is 212 g/mol. The van der Waals surface area contributed by atoms with Gasteiger partial charge in [0.15, 0.2) is 0 Å². The van der Waals surface area contributed by atoms with Crippen LogP contribution in [0.5, 0.6) is 0 Å². The Morgan fingerprint density at radius 2 is 1.57 bits per heavy atom. The van der Waals surface area contributed by atoms with Crippen LogP contribution in [0.25, 0.3) is 0 Å². The molecule has 0 aromatic rings. The average molecular weight is 235 g/mol. The van der Waals surface area contributed by atoms with Gasteiger partial charge in [0.2, 0.25) is 0 Å². The highest BCUT2D eigenvalue weighted by Gasteiger charge is 2.15. The molecule has 0 N–H and O–H groups in total. The smallest absolute Gasteiger partial charge is 0.242 e. The highest BCUT2D eigenvalue weighted by atomic mass is 32.2. The van der Waals surface area contributed by atoms with E-state index in [1.54, 1.807) is 0 Å². The molecule has 0 heterocycles. The summed E-state index contributed by atoms with van der Waals surface area (Å²) in [6.07, 6.45) is 2.16. The molecular formula is C10H23N2S2+. The minimum Gasteiger partial charge on any atom is -0.242 e. The van der Waals surface area contributed by atoms with Crippen molar-refractivity contribution < 1.29 is 4.58 Å². The van der Waals surface area contributed by atoms with Crippen molar-refractivity contribution in [3.63, 3.8) is 0 Å². The van der Waals surface area contributed by atoms with Crippen LogP contribution >= 0.6 is 23.7 Å². The molecule has 0 spiro atoms. The van der Waals surface area contributed by atoms with E-state index in [0.717, 1.165) is 26.2 Å². The third-order valence-electron chi connectivity index (χ3n) is 2.11. The molecule has 0 aliphatic rings.